The zero-order valence-electron chi connectivity index (χ0n) is 12.2. The van der Waals surface area contributed by atoms with E-state index >= 15 is 0 Å². The molecule has 0 fully saturated rings. The van der Waals surface area contributed by atoms with Crippen molar-refractivity contribution in [1.29, 1.82) is 0 Å². The number of hydrogen-bond acceptors (Lipinski definition) is 3. The summed E-state index contributed by atoms with van der Waals surface area (Å²) in [5, 5.41) is 2.66. The normalized spacial score (nSPS) is 14.3. The van der Waals surface area contributed by atoms with Gasteiger partial charge < -0.3 is 15.0 Å². The fourth-order valence-electron chi connectivity index (χ4n) is 1.18. The molecule has 18 heavy (non-hydrogen) atoms. The van der Waals surface area contributed by atoms with Crippen LogP contribution in [0.2, 0.25) is 0 Å². The maximum absolute atomic E-state index is 11.7. The van der Waals surface area contributed by atoms with Crippen LogP contribution in [0.25, 0.3) is 0 Å². The van der Waals surface area contributed by atoms with Crippen molar-refractivity contribution in [2.75, 3.05) is 14.1 Å². The molecule has 0 aromatic heterocycles. The third kappa shape index (κ3) is 6.27. The maximum Gasteiger partial charge on any atom is 0.408 e. The summed E-state index contributed by atoms with van der Waals surface area (Å²) in [7, 11) is 3.33. The minimum Gasteiger partial charge on any atom is -0.444 e. The van der Waals surface area contributed by atoms with E-state index in [1.807, 2.05) is 0 Å². The Labute approximate surface area is 109 Å². The first-order valence-corrected chi connectivity index (χ1v) is 5.84. The summed E-state index contributed by atoms with van der Waals surface area (Å²) in [5.41, 5.74) is -1.39. The van der Waals surface area contributed by atoms with E-state index in [1.165, 1.54) is 4.90 Å². The number of carbonyl (C=O) groups is 2. The fourth-order valence-corrected chi connectivity index (χ4v) is 1.18. The number of nitrogens with zero attached hydrogens (tertiary/aromatic N) is 1. The van der Waals surface area contributed by atoms with Gasteiger partial charge in [0, 0.05) is 14.1 Å². The van der Waals surface area contributed by atoms with E-state index < -0.39 is 17.2 Å². The Kier molecular flexibility index (Phi) is 5.39. The topological polar surface area (TPSA) is 58.6 Å². The van der Waals surface area contributed by atoms with Crippen LogP contribution < -0.4 is 5.32 Å². The highest BCUT2D eigenvalue weighted by atomic mass is 16.6. The van der Waals surface area contributed by atoms with Crippen LogP contribution in [-0.2, 0) is 9.53 Å². The Morgan fingerprint density at radius 3 is 2.11 bits per heavy atom. The second-order valence-corrected chi connectivity index (χ2v) is 5.71. The van der Waals surface area contributed by atoms with E-state index in [4.69, 9.17) is 4.74 Å². The van der Waals surface area contributed by atoms with Gasteiger partial charge in [-0.2, -0.15) is 0 Å². The quantitative estimate of drug-likeness (QED) is 0.782. The minimum atomic E-state index is -0.816. The molecule has 0 aromatic carbocycles. The first-order valence-electron chi connectivity index (χ1n) is 5.84. The summed E-state index contributed by atoms with van der Waals surface area (Å²) in [6, 6.07) is 0. The molecule has 0 saturated carbocycles. The van der Waals surface area contributed by atoms with Gasteiger partial charge in [-0.15, -0.1) is 6.58 Å². The average molecular weight is 256 g/mol. The smallest absolute Gasteiger partial charge is 0.408 e. The van der Waals surface area contributed by atoms with Crippen molar-refractivity contribution in [3.8, 4) is 0 Å². The number of carbonyl (C=O) groups excluding carboxylic acids is 2. The summed E-state index contributed by atoms with van der Waals surface area (Å²) < 4.78 is 5.15. The molecule has 0 aliphatic carbocycles. The van der Waals surface area contributed by atoms with E-state index in [9.17, 15) is 9.59 Å². The average Bonchev–Trinajstić information content (AvgIpc) is 2.13. The third-order valence-corrected chi connectivity index (χ3v) is 2.25. The molecule has 1 unspecified atom stereocenters. The molecule has 5 nitrogen and oxygen atoms in total. The first kappa shape index (κ1) is 16.5. The standard InChI is InChI=1S/C13H24N2O3/c1-8-13(5,9-10(16)15(6)7)14-11(17)18-12(2,3)4/h8H,1,9H2,2-7H3,(H,14,17). The van der Waals surface area contributed by atoms with Gasteiger partial charge in [0.15, 0.2) is 0 Å². The summed E-state index contributed by atoms with van der Waals surface area (Å²) in [4.78, 5) is 24.8. The molecule has 0 aliphatic heterocycles. The van der Waals surface area contributed by atoms with Crippen molar-refractivity contribution >= 4 is 12.0 Å². The van der Waals surface area contributed by atoms with Crippen LogP contribution in [0.3, 0.4) is 0 Å². The lowest BCUT2D eigenvalue weighted by Gasteiger charge is -2.29. The molecule has 5 heteroatoms. The SMILES string of the molecule is C=CC(C)(CC(=O)N(C)C)NC(=O)OC(C)(C)C. The molecule has 0 spiro atoms. The molecule has 1 N–H and O–H groups in total. The van der Waals surface area contributed by atoms with E-state index in [-0.39, 0.29) is 12.3 Å². The Bertz CT molecular complexity index is 332. The number of amides is 2. The van der Waals surface area contributed by atoms with E-state index in [2.05, 4.69) is 11.9 Å². The predicted molar refractivity (Wildman–Crippen MR) is 71.3 cm³/mol. The van der Waals surface area contributed by atoms with Crippen molar-refractivity contribution in [2.45, 2.75) is 45.3 Å². The van der Waals surface area contributed by atoms with Crippen LogP contribution in [0.4, 0.5) is 4.79 Å². The zero-order valence-corrected chi connectivity index (χ0v) is 12.2. The third-order valence-electron chi connectivity index (χ3n) is 2.25. The van der Waals surface area contributed by atoms with Gasteiger partial charge in [-0.05, 0) is 27.7 Å². The first-order chi connectivity index (χ1) is 7.99. The highest BCUT2D eigenvalue weighted by Crippen LogP contribution is 2.14. The molecule has 0 bridgehead atoms. The van der Waals surface area contributed by atoms with Gasteiger partial charge in [0.1, 0.15) is 5.60 Å². The predicted octanol–water partition coefficient (Wildman–Crippen LogP) is 1.93. The lowest BCUT2D eigenvalue weighted by Crippen LogP contribution is -2.49. The van der Waals surface area contributed by atoms with Gasteiger partial charge in [-0.1, -0.05) is 6.08 Å². The van der Waals surface area contributed by atoms with E-state index in [0.717, 1.165) is 0 Å². The Balaban J connectivity index is 4.62. The number of nitrogens with one attached hydrogen (secondary N) is 1. The van der Waals surface area contributed by atoms with Crippen LogP contribution in [0.15, 0.2) is 12.7 Å². The van der Waals surface area contributed by atoms with Crippen molar-refractivity contribution in [3.63, 3.8) is 0 Å². The lowest BCUT2D eigenvalue weighted by atomic mass is 9.97. The summed E-state index contributed by atoms with van der Waals surface area (Å²) in [6.45, 7) is 10.7. The van der Waals surface area contributed by atoms with Gasteiger partial charge in [0.05, 0.1) is 12.0 Å². The number of alkyl carbamates (subject to hydrolysis) is 1. The Morgan fingerprint density at radius 2 is 1.78 bits per heavy atom. The Hall–Kier alpha value is -1.52. The lowest BCUT2D eigenvalue weighted by molar-refractivity contribution is -0.129. The Morgan fingerprint density at radius 1 is 1.28 bits per heavy atom. The summed E-state index contributed by atoms with van der Waals surface area (Å²) >= 11 is 0. The number of rotatable bonds is 4. The maximum atomic E-state index is 11.7. The van der Waals surface area contributed by atoms with E-state index in [0.29, 0.717) is 0 Å². The van der Waals surface area contributed by atoms with Gasteiger partial charge in [-0.3, -0.25) is 4.79 Å². The largest absolute Gasteiger partial charge is 0.444 e. The molecule has 0 saturated heterocycles. The molecule has 0 radical (unpaired) electrons. The second-order valence-electron chi connectivity index (χ2n) is 5.71. The van der Waals surface area contributed by atoms with Gasteiger partial charge in [0.25, 0.3) is 0 Å². The van der Waals surface area contributed by atoms with Gasteiger partial charge in [0.2, 0.25) is 5.91 Å². The molecule has 0 aliphatic rings. The van der Waals surface area contributed by atoms with E-state index in [1.54, 1.807) is 47.9 Å². The van der Waals surface area contributed by atoms with Crippen molar-refractivity contribution in [1.82, 2.24) is 10.2 Å². The zero-order chi connectivity index (χ0) is 14.6. The molecular formula is C13H24N2O3. The van der Waals surface area contributed by atoms with Gasteiger partial charge in [-0.25, -0.2) is 4.79 Å². The fraction of sp³-hybridized carbons (Fsp3) is 0.692. The van der Waals surface area contributed by atoms with Crippen molar-refractivity contribution < 1.29 is 14.3 Å². The summed E-state index contributed by atoms with van der Waals surface area (Å²) in [6.07, 6.45) is 1.12. The van der Waals surface area contributed by atoms with Crippen LogP contribution in [-0.4, -0.2) is 42.1 Å². The summed E-state index contributed by atoms with van der Waals surface area (Å²) in [5.74, 6) is -0.0894. The van der Waals surface area contributed by atoms with Crippen molar-refractivity contribution in [2.24, 2.45) is 0 Å². The molecule has 0 rings (SSSR count). The number of ether oxygens (including phenoxy) is 1. The van der Waals surface area contributed by atoms with Crippen LogP contribution in [0.1, 0.15) is 34.1 Å². The van der Waals surface area contributed by atoms with Crippen molar-refractivity contribution in [3.05, 3.63) is 12.7 Å². The monoisotopic (exact) mass is 256 g/mol. The molecule has 0 aromatic rings. The molecule has 1 atom stereocenters. The highest BCUT2D eigenvalue weighted by Gasteiger charge is 2.29. The van der Waals surface area contributed by atoms with Gasteiger partial charge >= 0.3 is 6.09 Å². The molecule has 2 amide bonds. The van der Waals surface area contributed by atoms with Crippen LogP contribution in [0.5, 0.6) is 0 Å². The molecule has 0 heterocycles. The van der Waals surface area contributed by atoms with Crippen LogP contribution >= 0.6 is 0 Å². The molecule has 104 valence electrons. The molecular weight excluding hydrogens is 232 g/mol. The minimum absolute atomic E-state index is 0.0894. The second kappa shape index (κ2) is 5.89. The number of hydrogen-bond donors (Lipinski definition) is 1. The van der Waals surface area contributed by atoms with Crippen LogP contribution in [0, 0.1) is 0 Å². The highest BCUT2D eigenvalue weighted by molar-refractivity contribution is 5.78.